The predicted molar refractivity (Wildman–Crippen MR) is 108 cm³/mol. The minimum atomic E-state index is -3.38. The highest BCUT2D eigenvalue weighted by Crippen LogP contribution is 2.28. The number of hydrogen-bond donors (Lipinski definition) is 1. The van der Waals surface area contributed by atoms with E-state index in [1.807, 2.05) is 19.1 Å². The van der Waals surface area contributed by atoms with Gasteiger partial charge in [-0.2, -0.15) is 0 Å². The van der Waals surface area contributed by atoms with Crippen molar-refractivity contribution < 1.29 is 17.9 Å². The summed E-state index contributed by atoms with van der Waals surface area (Å²) < 4.78 is 40.1. The molecule has 1 fully saturated rings. The van der Waals surface area contributed by atoms with Gasteiger partial charge in [0, 0.05) is 23.9 Å². The number of sulfonamides is 1. The Morgan fingerprint density at radius 3 is 2.36 bits per heavy atom. The van der Waals surface area contributed by atoms with E-state index in [2.05, 4.69) is 4.72 Å². The number of pyridine rings is 1. The molecule has 2 heterocycles. The Bertz CT molecular complexity index is 827. The molecule has 0 amide bonds. The number of nitrogens with zero attached hydrogens (tertiary/aromatic N) is 1. The van der Waals surface area contributed by atoms with Crippen LogP contribution >= 0.6 is 0 Å². The Morgan fingerprint density at radius 2 is 1.75 bits per heavy atom. The molecule has 158 valence electrons. The summed E-state index contributed by atoms with van der Waals surface area (Å²) in [5.41, 5.74) is 1.54. The lowest BCUT2D eigenvalue weighted by molar-refractivity contribution is -0.0398. The van der Waals surface area contributed by atoms with E-state index in [1.165, 1.54) is 0 Å². The summed E-state index contributed by atoms with van der Waals surface area (Å²) in [6, 6.07) is 3.12. The summed E-state index contributed by atoms with van der Waals surface area (Å²) in [6.45, 7) is 4.86. The molecular formula is C20H32N2O5S. The van der Waals surface area contributed by atoms with E-state index >= 15 is 0 Å². The first-order valence-electron chi connectivity index (χ1n) is 10.2. The Hall–Kier alpha value is -1.22. The van der Waals surface area contributed by atoms with Crippen molar-refractivity contribution >= 4 is 10.0 Å². The highest BCUT2D eigenvalue weighted by molar-refractivity contribution is 7.88. The van der Waals surface area contributed by atoms with E-state index in [0.29, 0.717) is 31.1 Å². The Balaban J connectivity index is 1.75. The second kappa shape index (κ2) is 9.07. The number of rotatable bonds is 7. The van der Waals surface area contributed by atoms with Gasteiger partial charge in [0.2, 0.25) is 10.0 Å². The van der Waals surface area contributed by atoms with Crippen LogP contribution in [0, 0.1) is 6.92 Å². The van der Waals surface area contributed by atoms with Crippen LogP contribution in [-0.4, -0.2) is 50.7 Å². The molecule has 3 rings (SSSR count). The highest BCUT2D eigenvalue weighted by atomic mass is 32.2. The van der Waals surface area contributed by atoms with Gasteiger partial charge in [0.25, 0.3) is 5.56 Å². The Morgan fingerprint density at radius 1 is 1.11 bits per heavy atom. The van der Waals surface area contributed by atoms with Crippen LogP contribution in [0.15, 0.2) is 16.9 Å². The fourth-order valence-electron chi connectivity index (χ4n) is 4.38. The third kappa shape index (κ3) is 5.23. The van der Waals surface area contributed by atoms with Gasteiger partial charge in [-0.05, 0) is 58.4 Å². The summed E-state index contributed by atoms with van der Waals surface area (Å²) >= 11 is 0. The number of hydrogen-bond acceptors (Lipinski definition) is 5. The molecule has 1 aromatic rings. The third-order valence-electron chi connectivity index (χ3n) is 5.79. The monoisotopic (exact) mass is 412 g/mol. The zero-order valence-corrected chi connectivity index (χ0v) is 17.8. The summed E-state index contributed by atoms with van der Waals surface area (Å²) in [6.07, 6.45) is 6.72. The van der Waals surface area contributed by atoms with Crippen molar-refractivity contribution in [3.63, 3.8) is 0 Å². The lowest BCUT2D eigenvalue weighted by atomic mass is 9.94. The summed E-state index contributed by atoms with van der Waals surface area (Å²) in [7, 11) is -3.38. The smallest absolute Gasteiger partial charge is 0.254 e. The molecule has 0 radical (unpaired) electrons. The minimum absolute atomic E-state index is 0.0637. The van der Waals surface area contributed by atoms with E-state index < -0.39 is 10.0 Å². The largest absolute Gasteiger partial charge is 0.379 e. The Labute approximate surface area is 167 Å². The van der Waals surface area contributed by atoms with E-state index in [9.17, 15) is 13.2 Å². The van der Waals surface area contributed by atoms with Gasteiger partial charge in [-0.1, -0.05) is 6.07 Å². The topological polar surface area (TPSA) is 86.6 Å². The number of aryl methyl sites for hydroxylation is 2. The van der Waals surface area contributed by atoms with Gasteiger partial charge in [0.15, 0.2) is 0 Å². The van der Waals surface area contributed by atoms with Crippen LogP contribution in [0.3, 0.4) is 0 Å². The molecule has 0 aromatic carbocycles. The molecule has 8 heteroatoms. The van der Waals surface area contributed by atoms with Gasteiger partial charge in [0.05, 0.1) is 31.1 Å². The third-order valence-corrected chi connectivity index (χ3v) is 6.52. The van der Waals surface area contributed by atoms with Gasteiger partial charge in [-0.25, -0.2) is 13.1 Å². The lowest BCUT2D eigenvalue weighted by Gasteiger charge is -2.37. The van der Waals surface area contributed by atoms with Crippen LogP contribution in [0.1, 0.15) is 56.3 Å². The first-order chi connectivity index (χ1) is 13.3. The fraction of sp³-hybridized carbons (Fsp3) is 0.750. The molecule has 1 N–H and O–H groups in total. The molecule has 2 unspecified atom stereocenters. The van der Waals surface area contributed by atoms with Gasteiger partial charge in [-0.3, -0.25) is 4.79 Å². The molecule has 1 aliphatic heterocycles. The standard InChI is InChI=1S/C20H32N2O5S/c1-4-26-16-8-10-17(11-9-16)27-13-19-18(21-28(3,24)25)12-7-15-6-5-14(2)20(23)22(15)19/h5-6,16-19,21H,4,7-13H2,1-3H3. The van der Waals surface area contributed by atoms with Crippen LogP contribution in [0.25, 0.3) is 0 Å². The van der Waals surface area contributed by atoms with Crippen LogP contribution in [0.5, 0.6) is 0 Å². The first kappa shape index (κ1) is 21.5. The van der Waals surface area contributed by atoms with Crippen LogP contribution < -0.4 is 10.3 Å². The molecule has 7 nitrogen and oxygen atoms in total. The van der Waals surface area contributed by atoms with Gasteiger partial charge in [-0.15, -0.1) is 0 Å². The zero-order chi connectivity index (χ0) is 20.3. The molecule has 2 atom stereocenters. The second-order valence-electron chi connectivity index (χ2n) is 7.97. The van der Waals surface area contributed by atoms with Crippen LogP contribution in [-0.2, 0) is 25.9 Å². The number of aromatic nitrogens is 1. The van der Waals surface area contributed by atoms with E-state index in [1.54, 1.807) is 11.5 Å². The molecule has 1 aromatic heterocycles. The molecule has 1 aliphatic carbocycles. The van der Waals surface area contributed by atoms with Crippen molar-refractivity contribution in [3.05, 3.63) is 33.7 Å². The molecule has 28 heavy (non-hydrogen) atoms. The van der Waals surface area contributed by atoms with Crippen LogP contribution in [0.2, 0.25) is 0 Å². The van der Waals surface area contributed by atoms with Gasteiger partial charge >= 0.3 is 0 Å². The van der Waals surface area contributed by atoms with E-state index in [4.69, 9.17) is 9.47 Å². The van der Waals surface area contributed by atoms with E-state index in [-0.39, 0.29) is 23.7 Å². The Kier molecular flexibility index (Phi) is 6.96. The molecular weight excluding hydrogens is 380 g/mol. The van der Waals surface area contributed by atoms with Crippen molar-refractivity contribution in [2.75, 3.05) is 19.5 Å². The molecule has 0 spiro atoms. The number of fused-ring (bicyclic) bond motifs is 1. The maximum atomic E-state index is 12.8. The maximum absolute atomic E-state index is 12.8. The van der Waals surface area contributed by atoms with Gasteiger partial charge < -0.3 is 14.0 Å². The second-order valence-corrected chi connectivity index (χ2v) is 9.75. The fourth-order valence-corrected chi connectivity index (χ4v) is 5.20. The lowest BCUT2D eigenvalue weighted by Crippen LogP contribution is -2.49. The summed E-state index contributed by atoms with van der Waals surface area (Å²) in [4.78, 5) is 12.8. The zero-order valence-electron chi connectivity index (χ0n) is 17.0. The molecule has 1 saturated carbocycles. The average molecular weight is 413 g/mol. The maximum Gasteiger partial charge on any atom is 0.254 e. The number of nitrogens with one attached hydrogen (secondary N) is 1. The SMILES string of the molecule is CCOC1CCC(OCC2C(NS(C)(=O)=O)CCc3ccc(C)c(=O)n32)CC1. The van der Waals surface area contributed by atoms with Crippen molar-refractivity contribution in [1.82, 2.24) is 9.29 Å². The van der Waals surface area contributed by atoms with Crippen molar-refractivity contribution in [2.45, 2.75) is 76.7 Å². The predicted octanol–water partition coefficient (Wildman–Crippen LogP) is 1.93. The molecule has 0 saturated heterocycles. The summed E-state index contributed by atoms with van der Waals surface area (Å²) in [5, 5.41) is 0. The quantitative estimate of drug-likeness (QED) is 0.739. The minimum Gasteiger partial charge on any atom is -0.379 e. The molecule has 2 aliphatic rings. The average Bonchev–Trinajstić information content (AvgIpc) is 2.64. The van der Waals surface area contributed by atoms with Crippen molar-refractivity contribution in [1.29, 1.82) is 0 Å². The number of ether oxygens (including phenoxy) is 2. The normalized spacial score (nSPS) is 28.1. The van der Waals surface area contributed by atoms with Crippen molar-refractivity contribution in [2.24, 2.45) is 0 Å². The van der Waals surface area contributed by atoms with Crippen LogP contribution in [0.4, 0.5) is 0 Å². The highest BCUT2D eigenvalue weighted by Gasteiger charge is 2.33. The first-order valence-corrected chi connectivity index (χ1v) is 12.1. The van der Waals surface area contributed by atoms with Gasteiger partial charge in [0.1, 0.15) is 0 Å². The molecule has 0 bridgehead atoms. The van der Waals surface area contributed by atoms with E-state index in [0.717, 1.165) is 44.2 Å². The summed E-state index contributed by atoms with van der Waals surface area (Å²) in [5.74, 6) is 0. The van der Waals surface area contributed by atoms with Crippen molar-refractivity contribution in [3.8, 4) is 0 Å².